The van der Waals surface area contributed by atoms with Crippen molar-refractivity contribution in [2.45, 2.75) is 57.3 Å². The van der Waals surface area contributed by atoms with E-state index >= 15 is 0 Å². The highest BCUT2D eigenvalue weighted by Crippen LogP contribution is 2.23. The van der Waals surface area contributed by atoms with Crippen LogP contribution in [0.2, 0.25) is 0 Å². The largest absolute Gasteiger partial charge is 0.374 e. The molecule has 2 heterocycles. The Morgan fingerprint density at radius 3 is 2.81 bits per heavy atom. The Kier molecular flexibility index (Phi) is 4.62. The maximum absolute atomic E-state index is 5.93. The Balaban J connectivity index is 1.81. The van der Waals surface area contributed by atoms with Crippen molar-refractivity contribution in [1.29, 1.82) is 0 Å². The summed E-state index contributed by atoms with van der Waals surface area (Å²) in [5.41, 5.74) is 0. The van der Waals surface area contributed by atoms with Crippen LogP contribution in [-0.4, -0.2) is 49.8 Å². The first-order valence-electron chi connectivity index (χ1n) is 6.83. The molecule has 0 aliphatic carbocycles. The lowest BCUT2D eigenvalue weighted by Gasteiger charge is -2.37. The van der Waals surface area contributed by atoms with Crippen molar-refractivity contribution in [3.8, 4) is 0 Å². The molecule has 0 bridgehead atoms. The summed E-state index contributed by atoms with van der Waals surface area (Å²) in [5.74, 6) is 0. The third-order valence-corrected chi connectivity index (χ3v) is 3.95. The molecule has 0 amide bonds. The van der Waals surface area contributed by atoms with Crippen LogP contribution < -0.4 is 5.32 Å². The van der Waals surface area contributed by atoms with E-state index in [0.29, 0.717) is 12.2 Å². The molecular weight excluding hydrogens is 200 g/mol. The third-order valence-electron chi connectivity index (χ3n) is 3.95. The Labute approximate surface area is 99.5 Å². The molecule has 2 aliphatic rings. The highest BCUT2D eigenvalue weighted by atomic mass is 16.5. The first kappa shape index (κ1) is 12.3. The minimum absolute atomic E-state index is 0.484. The summed E-state index contributed by atoms with van der Waals surface area (Å²) in [7, 11) is 2.06. The average molecular weight is 226 g/mol. The molecule has 3 heteroatoms. The summed E-state index contributed by atoms with van der Waals surface area (Å²) in [6.45, 7) is 5.74. The van der Waals surface area contributed by atoms with Crippen LogP contribution in [0.4, 0.5) is 0 Å². The molecule has 2 fully saturated rings. The molecule has 0 aromatic carbocycles. The molecule has 2 rings (SSSR count). The summed E-state index contributed by atoms with van der Waals surface area (Å²) < 4.78 is 5.93. The zero-order valence-electron chi connectivity index (χ0n) is 10.7. The van der Waals surface area contributed by atoms with Crippen LogP contribution in [0, 0.1) is 0 Å². The first-order chi connectivity index (χ1) is 7.79. The fraction of sp³-hybridized carbons (Fsp3) is 1.00. The maximum atomic E-state index is 5.93. The van der Waals surface area contributed by atoms with Crippen LogP contribution in [0.15, 0.2) is 0 Å². The Morgan fingerprint density at radius 1 is 1.25 bits per heavy atom. The van der Waals surface area contributed by atoms with Crippen LogP contribution in [-0.2, 0) is 4.74 Å². The van der Waals surface area contributed by atoms with E-state index in [9.17, 15) is 0 Å². The summed E-state index contributed by atoms with van der Waals surface area (Å²) in [4.78, 5) is 2.64. The average Bonchev–Trinajstić information content (AvgIpc) is 2.67. The van der Waals surface area contributed by atoms with Gasteiger partial charge < -0.3 is 10.1 Å². The van der Waals surface area contributed by atoms with Crippen LogP contribution in [0.5, 0.6) is 0 Å². The molecule has 3 atom stereocenters. The van der Waals surface area contributed by atoms with Crippen molar-refractivity contribution < 1.29 is 4.74 Å². The van der Waals surface area contributed by atoms with E-state index in [2.05, 4.69) is 24.2 Å². The van der Waals surface area contributed by atoms with Crippen LogP contribution >= 0.6 is 0 Å². The zero-order valence-corrected chi connectivity index (χ0v) is 10.7. The fourth-order valence-corrected chi connectivity index (χ4v) is 3.05. The van der Waals surface area contributed by atoms with E-state index in [1.807, 2.05) is 0 Å². The molecule has 0 aromatic rings. The smallest absolute Gasteiger partial charge is 0.0706 e. The first-order valence-corrected chi connectivity index (χ1v) is 6.83. The number of nitrogens with one attached hydrogen (secondary N) is 1. The minimum Gasteiger partial charge on any atom is -0.374 e. The molecule has 0 aromatic heterocycles. The summed E-state index contributed by atoms with van der Waals surface area (Å²) in [6.07, 6.45) is 7.58. The van der Waals surface area contributed by atoms with E-state index in [1.54, 1.807) is 0 Å². The van der Waals surface area contributed by atoms with Gasteiger partial charge in [0.1, 0.15) is 0 Å². The molecule has 0 radical (unpaired) electrons. The monoisotopic (exact) mass is 226 g/mol. The SMILES string of the molecule is CNCC1CCCCN1CC1CCC(C)O1. The molecular formula is C13H26N2O. The molecule has 3 unspecified atom stereocenters. The van der Waals surface area contributed by atoms with E-state index in [-0.39, 0.29) is 0 Å². The predicted molar refractivity (Wildman–Crippen MR) is 66.7 cm³/mol. The number of likely N-dealkylation sites (N-methyl/N-ethyl adjacent to an activating group) is 1. The number of likely N-dealkylation sites (tertiary alicyclic amines) is 1. The van der Waals surface area contributed by atoms with Crippen molar-refractivity contribution in [2.24, 2.45) is 0 Å². The summed E-state index contributed by atoms with van der Waals surface area (Å²) >= 11 is 0. The lowest BCUT2D eigenvalue weighted by atomic mass is 10.0. The van der Waals surface area contributed by atoms with Gasteiger partial charge in [-0.3, -0.25) is 4.90 Å². The highest BCUT2D eigenvalue weighted by molar-refractivity contribution is 4.82. The highest BCUT2D eigenvalue weighted by Gasteiger charge is 2.28. The molecule has 0 spiro atoms. The third kappa shape index (κ3) is 3.19. The van der Waals surface area contributed by atoms with Gasteiger partial charge in [-0.2, -0.15) is 0 Å². The molecule has 16 heavy (non-hydrogen) atoms. The second-order valence-electron chi connectivity index (χ2n) is 5.35. The van der Waals surface area contributed by atoms with Crippen molar-refractivity contribution in [3.63, 3.8) is 0 Å². The molecule has 2 saturated heterocycles. The standard InChI is InChI=1S/C13H26N2O/c1-11-6-7-13(16-11)10-15-8-4-3-5-12(15)9-14-2/h11-14H,3-10H2,1-2H3. The second-order valence-corrected chi connectivity index (χ2v) is 5.35. The van der Waals surface area contributed by atoms with Gasteiger partial charge in [0.2, 0.25) is 0 Å². The number of rotatable bonds is 4. The van der Waals surface area contributed by atoms with Gasteiger partial charge in [-0.15, -0.1) is 0 Å². The van der Waals surface area contributed by atoms with E-state index in [0.717, 1.165) is 19.1 Å². The van der Waals surface area contributed by atoms with Gasteiger partial charge >= 0.3 is 0 Å². The number of piperidine rings is 1. The fourth-order valence-electron chi connectivity index (χ4n) is 3.05. The molecule has 1 N–H and O–H groups in total. The maximum Gasteiger partial charge on any atom is 0.0706 e. The van der Waals surface area contributed by atoms with E-state index in [1.165, 1.54) is 38.6 Å². The van der Waals surface area contributed by atoms with Gasteiger partial charge in [-0.05, 0) is 46.2 Å². The molecule has 94 valence electrons. The van der Waals surface area contributed by atoms with Crippen molar-refractivity contribution in [3.05, 3.63) is 0 Å². The van der Waals surface area contributed by atoms with Gasteiger partial charge in [-0.1, -0.05) is 6.42 Å². The lowest BCUT2D eigenvalue weighted by molar-refractivity contribution is 0.0140. The predicted octanol–water partition coefficient (Wildman–Crippen LogP) is 1.63. The number of nitrogens with zero attached hydrogens (tertiary/aromatic N) is 1. The van der Waals surface area contributed by atoms with Crippen LogP contribution in [0.25, 0.3) is 0 Å². The number of hydrogen-bond acceptors (Lipinski definition) is 3. The molecule has 2 aliphatic heterocycles. The van der Waals surface area contributed by atoms with Gasteiger partial charge in [0.05, 0.1) is 12.2 Å². The summed E-state index contributed by atoms with van der Waals surface area (Å²) in [6, 6.07) is 0.734. The van der Waals surface area contributed by atoms with Gasteiger partial charge in [0.15, 0.2) is 0 Å². The van der Waals surface area contributed by atoms with Crippen LogP contribution in [0.3, 0.4) is 0 Å². The Bertz CT molecular complexity index is 208. The van der Waals surface area contributed by atoms with Gasteiger partial charge in [0.25, 0.3) is 0 Å². The summed E-state index contributed by atoms with van der Waals surface area (Å²) in [5, 5.41) is 3.32. The van der Waals surface area contributed by atoms with Crippen molar-refractivity contribution >= 4 is 0 Å². The minimum atomic E-state index is 0.484. The number of hydrogen-bond donors (Lipinski definition) is 1. The topological polar surface area (TPSA) is 24.5 Å². The van der Waals surface area contributed by atoms with Gasteiger partial charge in [-0.25, -0.2) is 0 Å². The van der Waals surface area contributed by atoms with Crippen molar-refractivity contribution in [2.75, 3.05) is 26.7 Å². The van der Waals surface area contributed by atoms with E-state index in [4.69, 9.17) is 4.74 Å². The molecule has 3 nitrogen and oxygen atoms in total. The number of ether oxygens (including phenoxy) is 1. The van der Waals surface area contributed by atoms with Gasteiger partial charge in [0, 0.05) is 19.1 Å². The zero-order chi connectivity index (χ0) is 11.4. The molecule has 0 saturated carbocycles. The Hall–Kier alpha value is -0.120. The normalized spacial score (nSPS) is 36.8. The Morgan fingerprint density at radius 2 is 2.12 bits per heavy atom. The second kappa shape index (κ2) is 5.99. The van der Waals surface area contributed by atoms with Crippen LogP contribution in [0.1, 0.15) is 39.0 Å². The van der Waals surface area contributed by atoms with Crippen molar-refractivity contribution in [1.82, 2.24) is 10.2 Å². The lowest BCUT2D eigenvalue weighted by Crippen LogP contribution is -2.47. The quantitative estimate of drug-likeness (QED) is 0.788. The van der Waals surface area contributed by atoms with E-state index < -0.39 is 0 Å².